The van der Waals surface area contributed by atoms with Crippen LogP contribution in [0.25, 0.3) is 0 Å². The number of hydrogen-bond donors (Lipinski definition) is 1. The number of sulfonamides is 1. The number of hydrogen-bond acceptors (Lipinski definition) is 6. The summed E-state index contributed by atoms with van der Waals surface area (Å²) in [6, 6.07) is 17.4. The van der Waals surface area contributed by atoms with E-state index >= 15 is 0 Å². The summed E-state index contributed by atoms with van der Waals surface area (Å²) >= 11 is 5.97. The summed E-state index contributed by atoms with van der Waals surface area (Å²) in [6.45, 7) is 2.11. The molecule has 138 valence electrons. The second-order valence-corrected chi connectivity index (χ2v) is 7.67. The van der Waals surface area contributed by atoms with Crippen LogP contribution in [-0.2, 0) is 16.6 Å². The fraction of sp³-hybridized carbons (Fsp3) is 0.111. The molecule has 0 amide bonds. The molecule has 0 atom stereocenters. The van der Waals surface area contributed by atoms with Gasteiger partial charge in [0, 0.05) is 11.8 Å². The van der Waals surface area contributed by atoms with Crippen LogP contribution in [-0.4, -0.2) is 18.4 Å². The van der Waals surface area contributed by atoms with Crippen LogP contribution in [0.4, 0.5) is 11.8 Å². The van der Waals surface area contributed by atoms with Gasteiger partial charge in [-0.1, -0.05) is 54.1 Å². The largest absolute Gasteiger partial charge is 0.265 e. The lowest BCUT2D eigenvalue weighted by molar-refractivity contribution is 0.601. The molecule has 0 radical (unpaired) electrons. The minimum absolute atomic E-state index is 0.0518. The van der Waals surface area contributed by atoms with E-state index in [1.165, 1.54) is 12.1 Å². The maximum Gasteiger partial charge on any atom is 0.265 e. The molecule has 0 saturated heterocycles. The molecule has 3 aromatic rings. The van der Waals surface area contributed by atoms with Gasteiger partial charge in [0.1, 0.15) is 4.90 Å². The number of halogens is 1. The standard InChI is InChI=1S/C18H16ClN5O2S/c1-13-11-17(23-20-12-14-7-3-2-4-8-14)22-18(21-13)24-27(25,26)16-10-6-5-9-15(16)19/h2-11H,12H2,1H3,(H,21,22,24). The topological polar surface area (TPSA) is 96.7 Å². The molecule has 0 spiro atoms. The number of benzene rings is 2. The van der Waals surface area contributed by atoms with E-state index in [9.17, 15) is 8.42 Å². The van der Waals surface area contributed by atoms with Gasteiger partial charge in [0.05, 0.1) is 11.6 Å². The summed E-state index contributed by atoms with van der Waals surface area (Å²) in [5.41, 5.74) is 1.56. The molecule has 0 bridgehead atoms. The summed E-state index contributed by atoms with van der Waals surface area (Å²) in [6.07, 6.45) is 0. The van der Waals surface area contributed by atoms with Gasteiger partial charge in [-0.2, -0.15) is 10.1 Å². The van der Waals surface area contributed by atoms with Crippen molar-refractivity contribution in [2.75, 3.05) is 4.72 Å². The molecule has 0 unspecified atom stereocenters. The van der Waals surface area contributed by atoms with Gasteiger partial charge in [-0.3, -0.25) is 0 Å². The van der Waals surface area contributed by atoms with Gasteiger partial charge in [0.2, 0.25) is 5.95 Å². The molecule has 3 rings (SSSR count). The number of aryl methyl sites for hydroxylation is 1. The normalized spacial score (nSPS) is 11.6. The maximum atomic E-state index is 12.5. The molecule has 1 N–H and O–H groups in total. The van der Waals surface area contributed by atoms with E-state index in [2.05, 4.69) is 24.9 Å². The van der Waals surface area contributed by atoms with Gasteiger partial charge in [-0.15, -0.1) is 5.11 Å². The smallest absolute Gasteiger partial charge is 0.247 e. The molecule has 27 heavy (non-hydrogen) atoms. The molecule has 0 fully saturated rings. The van der Waals surface area contributed by atoms with E-state index in [1.807, 2.05) is 30.3 Å². The van der Waals surface area contributed by atoms with Crippen LogP contribution in [0.15, 0.2) is 75.8 Å². The van der Waals surface area contributed by atoms with Gasteiger partial charge in [-0.05, 0) is 24.6 Å². The van der Waals surface area contributed by atoms with Crippen molar-refractivity contribution in [1.29, 1.82) is 0 Å². The molecule has 0 saturated carbocycles. The molecule has 2 aromatic carbocycles. The van der Waals surface area contributed by atoms with Crippen LogP contribution in [0.2, 0.25) is 5.02 Å². The van der Waals surface area contributed by atoms with Crippen LogP contribution < -0.4 is 4.72 Å². The van der Waals surface area contributed by atoms with Gasteiger partial charge < -0.3 is 0 Å². The first kappa shape index (κ1) is 18.9. The van der Waals surface area contributed by atoms with Crippen LogP contribution in [0.1, 0.15) is 11.3 Å². The molecule has 7 nitrogen and oxygen atoms in total. The Morgan fingerprint density at radius 3 is 2.48 bits per heavy atom. The molecule has 0 aliphatic heterocycles. The number of anilines is 1. The number of rotatable bonds is 6. The Morgan fingerprint density at radius 2 is 1.74 bits per heavy atom. The van der Waals surface area contributed by atoms with E-state index in [0.29, 0.717) is 12.2 Å². The molecule has 1 aromatic heterocycles. The summed E-state index contributed by atoms with van der Waals surface area (Å²) < 4.78 is 27.4. The van der Waals surface area contributed by atoms with Gasteiger partial charge in [0.25, 0.3) is 10.0 Å². The molecule has 0 aliphatic carbocycles. The lowest BCUT2D eigenvalue weighted by Crippen LogP contribution is -2.15. The van der Waals surface area contributed by atoms with Crippen LogP contribution in [0.3, 0.4) is 0 Å². The Kier molecular flexibility index (Phi) is 5.78. The quantitative estimate of drug-likeness (QED) is 0.614. The second-order valence-electron chi connectivity index (χ2n) is 5.61. The summed E-state index contributed by atoms with van der Waals surface area (Å²) in [4.78, 5) is 8.14. The first-order valence-corrected chi connectivity index (χ1v) is 9.84. The zero-order chi connectivity index (χ0) is 19.3. The number of azo groups is 1. The monoisotopic (exact) mass is 401 g/mol. The predicted molar refractivity (Wildman–Crippen MR) is 104 cm³/mol. The van der Waals surface area contributed by atoms with E-state index in [-0.39, 0.29) is 21.7 Å². The van der Waals surface area contributed by atoms with Crippen molar-refractivity contribution < 1.29 is 8.42 Å². The number of aromatic nitrogens is 2. The molecular formula is C18H16ClN5O2S. The fourth-order valence-electron chi connectivity index (χ4n) is 2.26. The van der Waals surface area contributed by atoms with E-state index in [4.69, 9.17) is 11.6 Å². The van der Waals surface area contributed by atoms with Gasteiger partial charge in [-0.25, -0.2) is 18.1 Å². The SMILES string of the molecule is Cc1cc(N=NCc2ccccc2)nc(NS(=O)(=O)c2ccccc2Cl)n1. The Bertz CT molecular complexity index is 1070. The maximum absolute atomic E-state index is 12.5. The lowest BCUT2D eigenvalue weighted by Gasteiger charge is -2.08. The van der Waals surface area contributed by atoms with Crippen molar-refractivity contribution in [3.8, 4) is 0 Å². The summed E-state index contributed by atoms with van der Waals surface area (Å²) in [5.74, 6) is 0.166. The number of nitrogens with one attached hydrogen (secondary N) is 1. The van der Waals surface area contributed by atoms with Crippen molar-refractivity contribution in [1.82, 2.24) is 9.97 Å². The zero-order valence-corrected chi connectivity index (χ0v) is 15.9. The molecule has 9 heteroatoms. The highest BCUT2D eigenvalue weighted by Crippen LogP contribution is 2.23. The third kappa shape index (κ3) is 5.08. The minimum atomic E-state index is -3.92. The van der Waals surface area contributed by atoms with Crippen molar-refractivity contribution in [3.63, 3.8) is 0 Å². The van der Waals surface area contributed by atoms with Crippen molar-refractivity contribution in [2.24, 2.45) is 10.2 Å². The van der Waals surface area contributed by atoms with Crippen LogP contribution in [0.5, 0.6) is 0 Å². The van der Waals surface area contributed by atoms with Crippen molar-refractivity contribution >= 4 is 33.4 Å². The highest BCUT2D eigenvalue weighted by atomic mass is 35.5. The molecule has 0 aliphatic rings. The Balaban J connectivity index is 1.80. The minimum Gasteiger partial charge on any atom is -0.247 e. The first-order chi connectivity index (χ1) is 12.9. The van der Waals surface area contributed by atoms with Crippen molar-refractivity contribution in [3.05, 3.63) is 76.9 Å². The fourth-order valence-corrected chi connectivity index (χ4v) is 3.72. The first-order valence-electron chi connectivity index (χ1n) is 7.98. The molecule has 1 heterocycles. The highest BCUT2D eigenvalue weighted by Gasteiger charge is 2.19. The zero-order valence-electron chi connectivity index (χ0n) is 14.4. The van der Waals surface area contributed by atoms with Gasteiger partial charge in [0.15, 0.2) is 5.82 Å². The highest BCUT2D eigenvalue weighted by molar-refractivity contribution is 7.92. The number of nitrogens with zero attached hydrogens (tertiary/aromatic N) is 4. The van der Waals surface area contributed by atoms with Crippen molar-refractivity contribution in [2.45, 2.75) is 18.4 Å². The van der Waals surface area contributed by atoms with Crippen LogP contribution >= 0.6 is 11.6 Å². The Hall–Kier alpha value is -2.84. The third-order valence-electron chi connectivity index (χ3n) is 3.46. The average Bonchev–Trinajstić information content (AvgIpc) is 2.62. The predicted octanol–water partition coefficient (Wildman–Crippen LogP) is 4.52. The van der Waals surface area contributed by atoms with E-state index in [0.717, 1.165) is 5.56 Å². The van der Waals surface area contributed by atoms with Crippen LogP contribution in [0, 0.1) is 6.92 Å². The Morgan fingerprint density at radius 1 is 1.04 bits per heavy atom. The van der Waals surface area contributed by atoms with E-state index in [1.54, 1.807) is 25.1 Å². The summed E-state index contributed by atoms with van der Waals surface area (Å²) in [5, 5.41) is 8.27. The molecular weight excluding hydrogens is 386 g/mol. The second kappa shape index (κ2) is 8.24. The Labute approximate surface area is 162 Å². The van der Waals surface area contributed by atoms with E-state index < -0.39 is 10.0 Å². The summed E-state index contributed by atoms with van der Waals surface area (Å²) in [7, 11) is -3.92. The average molecular weight is 402 g/mol. The third-order valence-corrected chi connectivity index (χ3v) is 5.29. The lowest BCUT2D eigenvalue weighted by atomic mass is 10.2. The van der Waals surface area contributed by atoms with Gasteiger partial charge >= 0.3 is 0 Å².